The van der Waals surface area contributed by atoms with Crippen LogP contribution < -0.4 is 0 Å². The second-order valence-corrected chi connectivity index (χ2v) is 6.66. The minimum absolute atomic E-state index is 0.0270. The van der Waals surface area contributed by atoms with E-state index >= 15 is 0 Å². The monoisotopic (exact) mass is 303 g/mol. The van der Waals surface area contributed by atoms with Crippen molar-refractivity contribution in [3.8, 4) is 0 Å². The molecule has 1 heterocycles. The fourth-order valence-electron chi connectivity index (χ4n) is 2.53. The van der Waals surface area contributed by atoms with Crippen LogP contribution in [-0.4, -0.2) is 24.5 Å². The maximum atomic E-state index is 14.5. The molecule has 0 saturated heterocycles. The van der Waals surface area contributed by atoms with Gasteiger partial charge in [0, 0.05) is 23.8 Å². The van der Waals surface area contributed by atoms with Crippen molar-refractivity contribution in [2.75, 3.05) is 13.7 Å². The Labute approximate surface area is 130 Å². The number of fused-ring (bicyclic) bond motifs is 1. The third-order valence-electron chi connectivity index (χ3n) is 3.95. The minimum atomic E-state index is -0.392. The zero-order chi connectivity index (χ0) is 16.7. The van der Waals surface area contributed by atoms with Gasteiger partial charge in [-0.05, 0) is 42.5 Å². The third-order valence-corrected chi connectivity index (χ3v) is 3.95. The van der Waals surface area contributed by atoms with Crippen LogP contribution in [0.15, 0.2) is 12.1 Å². The van der Waals surface area contributed by atoms with Crippen LogP contribution in [0.25, 0.3) is 10.9 Å². The van der Waals surface area contributed by atoms with E-state index in [2.05, 4.69) is 4.98 Å². The summed E-state index contributed by atoms with van der Waals surface area (Å²) in [7, 11) is 1.48. The number of benzene rings is 1. The first-order chi connectivity index (χ1) is 10.2. The molecule has 0 radical (unpaired) electrons. The number of nitrogens with zero attached hydrogens (tertiary/aromatic N) is 1. The highest BCUT2D eigenvalue weighted by atomic mass is 19.1. The van der Waals surface area contributed by atoms with E-state index in [0.29, 0.717) is 16.6 Å². The molecule has 0 N–H and O–H groups in total. The van der Waals surface area contributed by atoms with Crippen LogP contribution >= 0.6 is 0 Å². The van der Waals surface area contributed by atoms with Crippen molar-refractivity contribution in [1.29, 1.82) is 0 Å². The van der Waals surface area contributed by atoms with Gasteiger partial charge in [0.05, 0.1) is 0 Å². The second-order valence-electron chi connectivity index (χ2n) is 6.66. The van der Waals surface area contributed by atoms with Gasteiger partial charge in [0.25, 0.3) is 0 Å². The highest BCUT2D eigenvalue weighted by molar-refractivity contribution is 6.09. The van der Waals surface area contributed by atoms with Gasteiger partial charge in [-0.1, -0.05) is 20.8 Å². The maximum Gasteiger partial charge on any atom is 0.189 e. The third kappa shape index (κ3) is 2.88. The summed E-state index contributed by atoms with van der Waals surface area (Å²) in [6.07, 6.45) is 0. The molecule has 0 aliphatic carbocycles. The zero-order valence-electron chi connectivity index (χ0n) is 14.0. The molecule has 0 spiro atoms. The van der Waals surface area contributed by atoms with Crippen molar-refractivity contribution >= 4 is 16.7 Å². The number of carbonyl (C=O) groups excluding carboxylic acids is 1. The van der Waals surface area contributed by atoms with Crippen LogP contribution in [0.2, 0.25) is 0 Å². The van der Waals surface area contributed by atoms with Crippen molar-refractivity contribution in [2.45, 2.75) is 40.0 Å². The molecule has 2 aromatic rings. The van der Waals surface area contributed by atoms with E-state index in [4.69, 9.17) is 4.74 Å². The molecule has 0 aliphatic rings. The molecule has 0 amide bonds. The normalized spacial score (nSPS) is 12.0. The first-order valence-electron chi connectivity index (χ1n) is 7.30. The lowest BCUT2D eigenvalue weighted by Crippen LogP contribution is -2.15. The van der Waals surface area contributed by atoms with E-state index in [1.807, 2.05) is 33.8 Å². The summed E-state index contributed by atoms with van der Waals surface area (Å²) in [6.45, 7) is 9.64. The van der Waals surface area contributed by atoms with Gasteiger partial charge in [-0.2, -0.15) is 0 Å². The van der Waals surface area contributed by atoms with Crippen LogP contribution in [-0.2, 0) is 10.2 Å². The number of carbonyl (C=O) groups is 1. The number of ether oxygens (including phenoxy) is 1. The lowest BCUT2D eigenvalue weighted by Gasteiger charge is -2.21. The Morgan fingerprint density at radius 3 is 2.45 bits per heavy atom. The number of rotatable bonds is 3. The Hall–Kier alpha value is -1.81. The SMILES string of the molecule is COCC(=O)c1c(C)c(C)nc2c(F)cc(C(C)(C)C)cc12. The fraction of sp³-hybridized carbons (Fsp3) is 0.444. The van der Waals surface area contributed by atoms with Gasteiger partial charge in [0.1, 0.15) is 17.9 Å². The lowest BCUT2D eigenvalue weighted by atomic mass is 9.85. The quantitative estimate of drug-likeness (QED) is 0.801. The summed E-state index contributed by atoms with van der Waals surface area (Å²) in [5.74, 6) is -0.544. The van der Waals surface area contributed by atoms with Gasteiger partial charge in [-0.25, -0.2) is 9.37 Å². The number of aryl methyl sites for hydroxylation is 1. The number of aromatic nitrogens is 1. The summed E-state index contributed by atoms with van der Waals surface area (Å²) < 4.78 is 19.5. The number of hydrogen-bond donors (Lipinski definition) is 0. The molecular formula is C18H22FNO2. The van der Waals surface area contributed by atoms with Crippen LogP contribution in [0.5, 0.6) is 0 Å². The van der Waals surface area contributed by atoms with Crippen molar-refractivity contribution in [2.24, 2.45) is 0 Å². The molecule has 4 heteroatoms. The van der Waals surface area contributed by atoms with Crippen molar-refractivity contribution in [1.82, 2.24) is 4.98 Å². The van der Waals surface area contributed by atoms with Gasteiger partial charge in [0.2, 0.25) is 0 Å². The van der Waals surface area contributed by atoms with E-state index in [-0.39, 0.29) is 23.3 Å². The molecule has 1 aromatic carbocycles. The number of hydrogen-bond acceptors (Lipinski definition) is 3. The molecule has 0 fully saturated rings. The molecule has 0 aliphatic heterocycles. The Morgan fingerprint density at radius 2 is 1.91 bits per heavy atom. The molecule has 0 unspecified atom stereocenters. The Bertz CT molecular complexity index is 745. The number of ketones is 1. The molecule has 1 aromatic heterocycles. The Morgan fingerprint density at radius 1 is 1.27 bits per heavy atom. The first kappa shape index (κ1) is 16.6. The van der Waals surface area contributed by atoms with Crippen LogP contribution in [0, 0.1) is 19.7 Å². The summed E-state index contributed by atoms with van der Waals surface area (Å²) in [4.78, 5) is 16.8. The fourth-order valence-corrected chi connectivity index (χ4v) is 2.53. The molecule has 118 valence electrons. The van der Waals surface area contributed by atoms with Crippen LogP contribution in [0.4, 0.5) is 4.39 Å². The molecule has 0 atom stereocenters. The average molecular weight is 303 g/mol. The number of methoxy groups -OCH3 is 1. The molecule has 2 rings (SSSR count). The summed E-state index contributed by atoms with van der Waals surface area (Å²) in [6, 6.07) is 3.38. The summed E-state index contributed by atoms with van der Waals surface area (Å²) >= 11 is 0. The first-order valence-corrected chi connectivity index (χ1v) is 7.30. The van der Waals surface area contributed by atoms with Gasteiger partial charge < -0.3 is 4.74 Å². The van der Waals surface area contributed by atoms with Crippen molar-refractivity contribution in [3.63, 3.8) is 0 Å². The number of Topliss-reactive ketones (excluding diaryl/α,β-unsaturated/α-hetero) is 1. The Kier molecular flexibility index (Phi) is 4.34. The lowest BCUT2D eigenvalue weighted by molar-refractivity contribution is 0.0849. The molecule has 22 heavy (non-hydrogen) atoms. The van der Waals surface area contributed by atoms with Crippen molar-refractivity contribution in [3.05, 3.63) is 40.3 Å². The largest absolute Gasteiger partial charge is 0.377 e. The summed E-state index contributed by atoms with van der Waals surface area (Å²) in [5.41, 5.74) is 2.82. The van der Waals surface area contributed by atoms with Gasteiger partial charge >= 0.3 is 0 Å². The Balaban J connectivity index is 2.88. The standard InChI is InChI=1S/C18H22FNO2/c1-10-11(2)20-17-13(16(10)15(21)9-22-6)7-12(8-14(17)19)18(3,4)5/h7-8H,9H2,1-6H3. The van der Waals surface area contributed by atoms with E-state index in [9.17, 15) is 9.18 Å². The van der Waals surface area contributed by atoms with E-state index in [1.165, 1.54) is 13.2 Å². The maximum absolute atomic E-state index is 14.5. The second kappa shape index (κ2) is 5.76. The smallest absolute Gasteiger partial charge is 0.189 e. The van der Waals surface area contributed by atoms with Gasteiger partial charge in [-0.3, -0.25) is 4.79 Å². The summed E-state index contributed by atoms with van der Waals surface area (Å²) in [5, 5.41) is 0.565. The highest BCUT2D eigenvalue weighted by Gasteiger charge is 2.22. The molecule has 0 bridgehead atoms. The van der Waals surface area contributed by atoms with Crippen molar-refractivity contribution < 1.29 is 13.9 Å². The minimum Gasteiger partial charge on any atom is -0.377 e. The van der Waals surface area contributed by atoms with E-state index < -0.39 is 5.82 Å². The number of halogens is 1. The van der Waals surface area contributed by atoms with Gasteiger partial charge in [0.15, 0.2) is 5.78 Å². The van der Waals surface area contributed by atoms with E-state index in [1.54, 1.807) is 6.92 Å². The predicted molar refractivity (Wildman–Crippen MR) is 86.1 cm³/mol. The molecular weight excluding hydrogens is 281 g/mol. The zero-order valence-corrected chi connectivity index (χ0v) is 14.0. The van der Waals surface area contributed by atoms with Crippen LogP contribution in [0.3, 0.4) is 0 Å². The average Bonchev–Trinajstić information content (AvgIpc) is 2.40. The molecule has 3 nitrogen and oxygen atoms in total. The van der Waals surface area contributed by atoms with Gasteiger partial charge in [-0.15, -0.1) is 0 Å². The molecule has 0 saturated carbocycles. The topological polar surface area (TPSA) is 39.2 Å². The highest BCUT2D eigenvalue weighted by Crippen LogP contribution is 2.31. The van der Waals surface area contributed by atoms with Crippen LogP contribution in [0.1, 0.15) is 48.0 Å². The van der Waals surface area contributed by atoms with E-state index in [0.717, 1.165) is 11.1 Å². The number of pyridine rings is 1. The predicted octanol–water partition coefficient (Wildman–Crippen LogP) is 4.12.